The molecule has 6 heteroatoms. The van der Waals surface area contributed by atoms with E-state index in [1.54, 1.807) is 10.3 Å². The smallest absolute Gasteiger partial charge is 0.275 e. The monoisotopic (exact) mass is 211 g/mol. The van der Waals surface area contributed by atoms with Gasteiger partial charge in [0.25, 0.3) is 5.91 Å². The maximum atomic E-state index is 11.7. The molecule has 1 aromatic heterocycles. The van der Waals surface area contributed by atoms with Crippen LogP contribution in [0.2, 0.25) is 0 Å². The zero-order valence-electron chi connectivity index (χ0n) is 7.47. The van der Waals surface area contributed by atoms with E-state index >= 15 is 0 Å². The zero-order valence-corrected chi connectivity index (χ0v) is 8.29. The van der Waals surface area contributed by atoms with E-state index in [9.17, 15) is 9.59 Å². The lowest BCUT2D eigenvalue weighted by atomic mass is 10.1. The van der Waals surface area contributed by atoms with Gasteiger partial charge in [-0.25, -0.2) is 0 Å². The van der Waals surface area contributed by atoms with Crippen LogP contribution in [0, 0.1) is 0 Å². The van der Waals surface area contributed by atoms with E-state index < -0.39 is 0 Å². The molecule has 5 nitrogen and oxygen atoms in total. The number of ketones is 1. The summed E-state index contributed by atoms with van der Waals surface area (Å²) in [6.07, 6.45) is 0.923. The van der Waals surface area contributed by atoms with Crippen LogP contribution in [-0.2, 0) is 4.79 Å². The summed E-state index contributed by atoms with van der Waals surface area (Å²) in [5.74, 6) is 0.108. The Kier molecular flexibility index (Phi) is 2.53. The molecule has 14 heavy (non-hydrogen) atoms. The normalized spacial score (nSPS) is 17.1. The number of carbonyl (C=O) groups is 2. The van der Waals surface area contributed by atoms with Crippen LogP contribution in [0.4, 0.5) is 0 Å². The highest BCUT2D eigenvalue weighted by molar-refractivity contribution is 7.03. The third kappa shape index (κ3) is 1.79. The summed E-state index contributed by atoms with van der Waals surface area (Å²) in [6, 6.07) is 0. The Hall–Kier alpha value is -1.30. The number of aromatic nitrogens is 2. The molecular formula is C8H9N3O2S. The lowest BCUT2D eigenvalue weighted by Gasteiger charge is -2.24. The van der Waals surface area contributed by atoms with Crippen LogP contribution in [0.5, 0.6) is 0 Å². The fourth-order valence-electron chi connectivity index (χ4n) is 1.38. The first-order chi connectivity index (χ1) is 6.77. The second-order valence-corrected chi connectivity index (χ2v) is 3.73. The van der Waals surface area contributed by atoms with Crippen molar-refractivity contribution in [3.05, 3.63) is 11.1 Å². The average Bonchev–Trinajstić information content (AvgIpc) is 2.71. The molecule has 0 aromatic carbocycles. The van der Waals surface area contributed by atoms with Crippen molar-refractivity contribution in [3.63, 3.8) is 0 Å². The predicted octanol–water partition coefficient (Wildman–Crippen LogP) is 0.343. The fourth-order valence-corrected chi connectivity index (χ4v) is 1.81. The number of Topliss-reactive ketones (excluding diaryl/α,β-unsaturated/α-hetero) is 1. The molecule has 1 aliphatic heterocycles. The first kappa shape index (κ1) is 9.26. The van der Waals surface area contributed by atoms with Crippen molar-refractivity contribution in [3.8, 4) is 0 Å². The van der Waals surface area contributed by atoms with Gasteiger partial charge in [-0.1, -0.05) is 4.49 Å². The number of carbonyl (C=O) groups excluding carboxylic acids is 2. The summed E-state index contributed by atoms with van der Waals surface area (Å²) in [4.78, 5) is 24.3. The number of likely N-dealkylation sites (tertiary alicyclic amines) is 1. The minimum absolute atomic E-state index is 0.119. The SMILES string of the molecule is O=C1CCN(C(=O)c2csnn2)CC1. The van der Waals surface area contributed by atoms with E-state index in [2.05, 4.69) is 9.59 Å². The largest absolute Gasteiger partial charge is 0.336 e. The summed E-state index contributed by atoms with van der Waals surface area (Å²) in [6.45, 7) is 1.02. The van der Waals surface area contributed by atoms with Crippen LogP contribution in [-0.4, -0.2) is 39.3 Å². The Morgan fingerprint density at radius 3 is 2.71 bits per heavy atom. The topological polar surface area (TPSA) is 63.2 Å². The molecular weight excluding hydrogens is 202 g/mol. The molecule has 0 bridgehead atoms. The molecule has 0 spiro atoms. The molecule has 2 heterocycles. The van der Waals surface area contributed by atoms with Crippen molar-refractivity contribution < 1.29 is 9.59 Å². The summed E-state index contributed by atoms with van der Waals surface area (Å²) < 4.78 is 3.63. The van der Waals surface area contributed by atoms with Gasteiger partial charge in [0.05, 0.1) is 0 Å². The van der Waals surface area contributed by atoms with Gasteiger partial charge in [-0.2, -0.15) is 0 Å². The van der Waals surface area contributed by atoms with Crippen LogP contribution in [0.25, 0.3) is 0 Å². The molecule has 0 N–H and O–H groups in total. The highest BCUT2D eigenvalue weighted by Crippen LogP contribution is 2.10. The molecule has 2 rings (SSSR count). The minimum atomic E-state index is -0.119. The number of hydrogen-bond acceptors (Lipinski definition) is 5. The van der Waals surface area contributed by atoms with Gasteiger partial charge in [0, 0.05) is 31.3 Å². The Bertz CT molecular complexity index is 339. The minimum Gasteiger partial charge on any atom is -0.336 e. The summed E-state index contributed by atoms with van der Waals surface area (Å²) in [5.41, 5.74) is 0.379. The number of rotatable bonds is 1. The first-order valence-electron chi connectivity index (χ1n) is 4.35. The Labute approximate surface area is 84.9 Å². The predicted molar refractivity (Wildman–Crippen MR) is 50.1 cm³/mol. The molecule has 74 valence electrons. The maximum absolute atomic E-state index is 11.7. The van der Waals surface area contributed by atoms with Gasteiger partial charge in [-0.05, 0) is 11.5 Å². The molecule has 0 radical (unpaired) electrons. The number of hydrogen-bond donors (Lipinski definition) is 0. The van der Waals surface area contributed by atoms with E-state index in [0.29, 0.717) is 31.6 Å². The van der Waals surface area contributed by atoms with Crippen molar-refractivity contribution in [2.24, 2.45) is 0 Å². The van der Waals surface area contributed by atoms with Gasteiger partial charge in [-0.15, -0.1) is 5.10 Å². The Morgan fingerprint density at radius 2 is 2.14 bits per heavy atom. The fraction of sp³-hybridized carbons (Fsp3) is 0.500. The van der Waals surface area contributed by atoms with Gasteiger partial charge in [0.1, 0.15) is 5.78 Å². The van der Waals surface area contributed by atoms with E-state index in [4.69, 9.17) is 0 Å². The van der Waals surface area contributed by atoms with Gasteiger partial charge < -0.3 is 4.90 Å². The van der Waals surface area contributed by atoms with Gasteiger partial charge in [0.2, 0.25) is 0 Å². The van der Waals surface area contributed by atoms with Gasteiger partial charge in [0.15, 0.2) is 5.69 Å². The molecule has 0 unspecified atom stereocenters. The second-order valence-electron chi connectivity index (χ2n) is 3.12. The lowest BCUT2D eigenvalue weighted by Crippen LogP contribution is -2.38. The second kappa shape index (κ2) is 3.83. The van der Waals surface area contributed by atoms with Crippen LogP contribution >= 0.6 is 11.5 Å². The third-order valence-corrected chi connectivity index (χ3v) is 2.69. The van der Waals surface area contributed by atoms with Crippen LogP contribution in [0.1, 0.15) is 23.3 Å². The number of amides is 1. The van der Waals surface area contributed by atoms with Crippen molar-refractivity contribution in [1.82, 2.24) is 14.5 Å². The third-order valence-electron chi connectivity index (χ3n) is 2.19. The van der Waals surface area contributed by atoms with Crippen LogP contribution in [0.3, 0.4) is 0 Å². The van der Waals surface area contributed by atoms with Crippen molar-refractivity contribution in [2.45, 2.75) is 12.8 Å². The van der Waals surface area contributed by atoms with Gasteiger partial charge >= 0.3 is 0 Å². The van der Waals surface area contributed by atoms with Crippen LogP contribution in [0.15, 0.2) is 5.38 Å². The summed E-state index contributed by atoms with van der Waals surface area (Å²) in [7, 11) is 0. The molecule has 1 fully saturated rings. The van der Waals surface area contributed by atoms with Gasteiger partial charge in [-0.3, -0.25) is 9.59 Å². The van der Waals surface area contributed by atoms with Crippen molar-refractivity contribution in [1.29, 1.82) is 0 Å². The molecule has 1 aliphatic rings. The van der Waals surface area contributed by atoms with E-state index in [1.165, 1.54) is 0 Å². The Morgan fingerprint density at radius 1 is 1.43 bits per heavy atom. The maximum Gasteiger partial charge on any atom is 0.275 e. The summed E-state index contributed by atoms with van der Waals surface area (Å²) >= 11 is 1.16. The molecule has 0 aliphatic carbocycles. The Balaban J connectivity index is 2.03. The number of nitrogens with zero attached hydrogens (tertiary/aromatic N) is 3. The molecule has 0 atom stereocenters. The van der Waals surface area contributed by atoms with E-state index in [1.807, 2.05) is 0 Å². The van der Waals surface area contributed by atoms with Crippen molar-refractivity contribution in [2.75, 3.05) is 13.1 Å². The molecule has 1 amide bonds. The number of piperidine rings is 1. The summed E-state index contributed by atoms with van der Waals surface area (Å²) in [5, 5.41) is 5.33. The zero-order chi connectivity index (χ0) is 9.97. The van der Waals surface area contributed by atoms with Crippen LogP contribution < -0.4 is 0 Å². The molecule has 1 aromatic rings. The lowest BCUT2D eigenvalue weighted by molar-refractivity contribution is -0.120. The quantitative estimate of drug-likeness (QED) is 0.672. The first-order valence-corrected chi connectivity index (χ1v) is 5.19. The van der Waals surface area contributed by atoms with E-state index in [0.717, 1.165) is 11.5 Å². The standard InChI is InChI=1S/C8H9N3O2S/c12-6-1-3-11(4-2-6)8(13)7-5-14-10-9-7/h5H,1-4H2. The molecule has 1 saturated heterocycles. The van der Waals surface area contributed by atoms with Crippen molar-refractivity contribution >= 4 is 23.2 Å². The van der Waals surface area contributed by atoms with E-state index in [-0.39, 0.29) is 11.7 Å². The molecule has 0 saturated carbocycles. The highest BCUT2D eigenvalue weighted by atomic mass is 32.1. The average molecular weight is 211 g/mol. The highest BCUT2D eigenvalue weighted by Gasteiger charge is 2.23.